The minimum atomic E-state index is -5.08. The van der Waals surface area contributed by atoms with Crippen LogP contribution in [-0.2, 0) is 14.8 Å². The highest BCUT2D eigenvalue weighted by Gasteiger charge is 2.38. The Morgan fingerprint density at radius 1 is 1.16 bits per heavy atom. The highest BCUT2D eigenvalue weighted by Crippen LogP contribution is 2.31. The molecule has 14 heteroatoms. The third-order valence-electron chi connectivity index (χ3n) is 3.91. The van der Waals surface area contributed by atoms with E-state index in [-0.39, 0.29) is 23.7 Å². The van der Waals surface area contributed by atoms with Crippen LogP contribution in [0.3, 0.4) is 0 Å². The molecule has 0 aliphatic carbocycles. The van der Waals surface area contributed by atoms with Crippen molar-refractivity contribution >= 4 is 27.0 Å². The van der Waals surface area contributed by atoms with Gasteiger partial charge in [0.05, 0.1) is 17.2 Å². The fraction of sp³-hybridized carbons (Fsp3) is 0.222. The van der Waals surface area contributed by atoms with Gasteiger partial charge >= 0.3 is 12.1 Å². The van der Waals surface area contributed by atoms with Crippen molar-refractivity contribution in [3.63, 3.8) is 0 Å². The van der Waals surface area contributed by atoms with Crippen molar-refractivity contribution < 1.29 is 45.4 Å². The molecule has 32 heavy (non-hydrogen) atoms. The summed E-state index contributed by atoms with van der Waals surface area (Å²) in [6, 6.07) is 9.05. The number of carbonyl (C=O) groups is 1. The number of sulfonamides is 1. The van der Waals surface area contributed by atoms with Crippen LogP contribution in [0, 0.1) is 0 Å². The van der Waals surface area contributed by atoms with Gasteiger partial charge in [0.15, 0.2) is 0 Å². The maximum absolute atomic E-state index is 12.9. The molecule has 3 aromatic rings. The Hall–Kier alpha value is -3.10. The normalized spacial score (nSPS) is 12.0. The molecule has 8 nitrogen and oxygen atoms in total. The van der Waals surface area contributed by atoms with Crippen LogP contribution in [0.5, 0.6) is 0 Å². The smallest absolute Gasteiger partial charge is 0.475 e. The zero-order valence-electron chi connectivity index (χ0n) is 15.9. The average molecular weight is 481 g/mol. The van der Waals surface area contributed by atoms with Gasteiger partial charge in [0.1, 0.15) is 5.65 Å². The number of aliphatic hydroxyl groups excluding tert-OH is 1. The molecule has 0 atom stereocenters. The highest BCUT2D eigenvalue weighted by molar-refractivity contribution is 7.89. The number of H-pyrrole nitrogens is 1. The number of carboxylic acids is 1. The first-order valence-electron chi connectivity index (χ1n) is 8.63. The molecule has 0 saturated heterocycles. The number of hydrogen-bond acceptors (Lipinski definition) is 5. The van der Waals surface area contributed by atoms with Gasteiger partial charge in [-0.05, 0) is 35.4 Å². The van der Waals surface area contributed by atoms with E-state index in [0.717, 1.165) is 0 Å². The Morgan fingerprint density at radius 3 is 2.25 bits per heavy atom. The number of aromatic nitrogens is 2. The van der Waals surface area contributed by atoms with E-state index in [9.17, 15) is 30.4 Å². The van der Waals surface area contributed by atoms with Gasteiger partial charge in [-0.2, -0.15) is 13.2 Å². The Labute approximate surface area is 177 Å². The molecule has 1 aromatic carbocycles. The van der Waals surface area contributed by atoms with Crippen LogP contribution >= 0.6 is 0 Å². The molecular formula is C18H16F5N3O5S. The minimum absolute atomic E-state index is 0.0531. The zero-order valence-corrected chi connectivity index (χ0v) is 16.7. The summed E-state index contributed by atoms with van der Waals surface area (Å²) in [6.07, 6.45) is -6.22. The van der Waals surface area contributed by atoms with Crippen molar-refractivity contribution in [2.24, 2.45) is 0 Å². The van der Waals surface area contributed by atoms with E-state index in [4.69, 9.17) is 15.0 Å². The van der Waals surface area contributed by atoms with E-state index in [2.05, 4.69) is 14.7 Å². The lowest BCUT2D eigenvalue weighted by atomic mass is 10.0. The first-order valence-corrected chi connectivity index (χ1v) is 10.1. The number of rotatable bonds is 6. The van der Waals surface area contributed by atoms with Gasteiger partial charge < -0.3 is 15.2 Å². The number of pyridine rings is 1. The van der Waals surface area contributed by atoms with Crippen LogP contribution in [0.2, 0.25) is 0 Å². The van der Waals surface area contributed by atoms with Crippen molar-refractivity contribution in [1.29, 1.82) is 0 Å². The van der Waals surface area contributed by atoms with E-state index in [0.29, 0.717) is 22.2 Å². The molecule has 0 radical (unpaired) electrons. The number of nitrogens with one attached hydrogen (secondary N) is 2. The van der Waals surface area contributed by atoms with Crippen LogP contribution in [0.4, 0.5) is 22.0 Å². The summed E-state index contributed by atoms with van der Waals surface area (Å²) in [5.74, 6) is -2.76. The standard InChI is InChI=1S/C16H15F2N3O3S.C2HF3O2/c17-15(18)14-9-13-12(5-6-19-16(13)21-14)10-1-3-11(4-2-10)25(23,24)20-7-8-22;3-2(4,5)1(6)7/h1-6,9,15,20,22H,7-8H2,(H,19,21);(H,6,7). The van der Waals surface area contributed by atoms with Gasteiger partial charge in [-0.25, -0.2) is 31.7 Å². The molecule has 0 fully saturated rings. The second kappa shape index (κ2) is 10.0. The predicted molar refractivity (Wildman–Crippen MR) is 102 cm³/mol. The van der Waals surface area contributed by atoms with Gasteiger partial charge in [0.2, 0.25) is 10.0 Å². The minimum Gasteiger partial charge on any atom is -0.475 e. The number of nitrogens with zero attached hydrogens (tertiary/aromatic N) is 1. The number of fused-ring (bicyclic) bond motifs is 1. The van der Waals surface area contributed by atoms with Crippen LogP contribution < -0.4 is 4.72 Å². The third-order valence-corrected chi connectivity index (χ3v) is 5.39. The van der Waals surface area contributed by atoms with E-state index in [1.165, 1.54) is 24.4 Å². The van der Waals surface area contributed by atoms with Crippen molar-refractivity contribution in [3.8, 4) is 11.1 Å². The van der Waals surface area contributed by atoms with Crippen molar-refractivity contribution in [1.82, 2.24) is 14.7 Å². The first kappa shape index (κ1) is 25.2. The topological polar surface area (TPSA) is 132 Å². The maximum atomic E-state index is 12.9. The molecule has 0 amide bonds. The van der Waals surface area contributed by atoms with E-state index in [1.807, 2.05) is 0 Å². The van der Waals surface area contributed by atoms with Gasteiger partial charge in [-0.3, -0.25) is 0 Å². The first-order chi connectivity index (χ1) is 14.9. The quantitative estimate of drug-likeness (QED) is 0.400. The summed E-state index contributed by atoms with van der Waals surface area (Å²) in [6.45, 7) is -0.374. The summed E-state index contributed by atoms with van der Waals surface area (Å²) >= 11 is 0. The Morgan fingerprint density at radius 2 is 1.75 bits per heavy atom. The lowest BCUT2D eigenvalue weighted by molar-refractivity contribution is -0.192. The number of carboxylic acid groups (broad SMARTS) is 1. The molecule has 3 rings (SSSR count). The number of aromatic amines is 1. The van der Waals surface area contributed by atoms with Crippen LogP contribution in [0.1, 0.15) is 12.1 Å². The highest BCUT2D eigenvalue weighted by atomic mass is 32.2. The van der Waals surface area contributed by atoms with Gasteiger partial charge in [0.25, 0.3) is 6.43 Å². The van der Waals surface area contributed by atoms with Crippen molar-refractivity contribution in [2.45, 2.75) is 17.5 Å². The number of hydrogen-bond donors (Lipinski definition) is 4. The van der Waals surface area contributed by atoms with Gasteiger partial charge in [-0.1, -0.05) is 12.1 Å². The monoisotopic (exact) mass is 481 g/mol. The Bertz CT molecular complexity index is 1180. The second-order valence-electron chi connectivity index (χ2n) is 6.09. The fourth-order valence-electron chi connectivity index (χ4n) is 2.49. The largest absolute Gasteiger partial charge is 0.490 e. The number of aliphatic hydroxyl groups is 1. The number of benzene rings is 1. The van der Waals surface area contributed by atoms with E-state index in [1.54, 1.807) is 18.2 Å². The van der Waals surface area contributed by atoms with Crippen LogP contribution in [-0.4, -0.2) is 53.9 Å². The number of aliphatic carboxylic acids is 1. The second-order valence-corrected chi connectivity index (χ2v) is 7.86. The Balaban J connectivity index is 0.000000451. The van der Waals surface area contributed by atoms with Crippen molar-refractivity contribution in [2.75, 3.05) is 13.2 Å². The summed E-state index contributed by atoms with van der Waals surface area (Å²) in [5, 5.41) is 16.4. The summed E-state index contributed by atoms with van der Waals surface area (Å²) in [7, 11) is -3.70. The van der Waals surface area contributed by atoms with Crippen LogP contribution in [0.25, 0.3) is 22.2 Å². The summed E-state index contributed by atoms with van der Waals surface area (Å²) < 4.78 is 83.8. The van der Waals surface area contributed by atoms with Gasteiger partial charge in [0, 0.05) is 18.1 Å². The molecular weight excluding hydrogens is 465 g/mol. The SMILES string of the molecule is O=C(O)C(F)(F)F.O=S(=O)(NCCO)c1ccc(-c2ccnc3[nH]c(C(F)F)cc23)cc1. The summed E-state index contributed by atoms with van der Waals surface area (Å²) in [5.41, 5.74) is 1.46. The maximum Gasteiger partial charge on any atom is 0.490 e. The molecule has 2 aromatic heterocycles. The number of halogens is 5. The lowest BCUT2D eigenvalue weighted by Gasteiger charge is -2.07. The molecule has 2 heterocycles. The zero-order chi connectivity index (χ0) is 24.1. The lowest BCUT2D eigenvalue weighted by Crippen LogP contribution is -2.26. The molecule has 0 aliphatic rings. The third kappa shape index (κ3) is 6.21. The number of alkyl halides is 5. The molecule has 0 spiro atoms. The van der Waals surface area contributed by atoms with Crippen molar-refractivity contribution in [3.05, 3.63) is 48.3 Å². The Kier molecular flexibility index (Phi) is 7.87. The molecule has 0 saturated carbocycles. The molecule has 0 aliphatic heterocycles. The van der Waals surface area contributed by atoms with E-state index < -0.39 is 28.6 Å². The average Bonchev–Trinajstić information content (AvgIpc) is 3.17. The molecule has 4 N–H and O–H groups in total. The van der Waals surface area contributed by atoms with E-state index >= 15 is 0 Å². The molecule has 0 bridgehead atoms. The predicted octanol–water partition coefficient (Wildman–Crippen LogP) is 3.07. The molecule has 0 unspecified atom stereocenters. The molecule has 174 valence electrons. The fourth-order valence-corrected chi connectivity index (χ4v) is 3.51. The van der Waals surface area contributed by atoms with Crippen LogP contribution in [0.15, 0.2) is 47.5 Å². The summed E-state index contributed by atoms with van der Waals surface area (Å²) in [4.78, 5) is 15.6. The van der Waals surface area contributed by atoms with Gasteiger partial charge in [-0.15, -0.1) is 0 Å².